The van der Waals surface area contributed by atoms with Crippen molar-refractivity contribution >= 4 is 22.1 Å². The maximum absolute atomic E-state index is 13.3. The Morgan fingerprint density at radius 1 is 1.45 bits per heavy atom. The van der Waals surface area contributed by atoms with Gasteiger partial charge >= 0.3 is 0 Å². The fourth-order valence-corrected chi connectivity index (χ4v) is 2.84. The Morgan fingerprint density at radius 2 is 2.32 bits per heavy atom. The van der Waals surface area contributed by atoms with Crippen molar-refractivity contribution in [1.29, 1.82) is 0 Å². The Balaban J connectivity index is 1.94. The Bertz CT molecular complexity index is 917. The number of fused-ring (bicyclic) bond motifs is 3. The molecule has 0 amide bonds. The van der Waals surface area contributed by atoms with Gasteiger partial charge < -0.3 is 19.5 Å². The lowest BCUT2D eigenvalue weighted by molar-refractivity contribution is 0.355. The molecule has 4 rings (SSSR count). The number of aromatic nitrogens is 2. The van der Waals surface area contributed by atoms with Crippen LogP contribution in [-0.2, 0) is 0 Å². The Kier molecular flexibility index (Phi) is 2.90. The first-order valence-corrected chi connectivity index (χ1v) is 7.03. The Hall–Kier alpha value is -2.41. The van der Waals surface area contributed by atoms with E-state index in [0.717, 1.165) is 0 Å². The van der Waals surface area contributed by atoms with Crippen molar-refractivity contribution in [3.05, 3.63) is 34.4 Å². The molecule has 114 valence electrons. The standard InChI is InChI=1S/C15H14FN3O3/c1-21-8-2-3-11-9(5-8)12-13(22-11)15(20)19-14(18-12)10-4-7(16)6-17-10/h2-3,5,7,10,17H,4,6H2,1H3,(H,18,19,20)/t7-,10-/m0/s1. The Labute approximate surface area is 124 Å². The molecule has 1 aliphatic rings. The van der Waals surface area contributed by atoms with E-state index in [0.29, 0.717) is 34.5 Å². The van der Waals surface area contributed by atoms with E-state index in [1.54, 1.807) is 25.3 Å². The molecule has 3 heterocycles. The zero-order valence-corrected chi connectivity index (χ0v) is 11.9. The van der Waals surface area contributed by atoms with Crippen molar-refractivity contribution < 1.29 is 13.5 Å². The molecule has 0 spiro atoms. The van der Waals surface area contributed by atoms with E-state index in [4.69, 9.17) is 9.15 Å². The first-order valence-electron chi connectivity index (χ1n) is 7.03. The molecule has 3 aromatic rings. The van der Waals surface area contributed by atoms with E-state index < -0.39 is 6.17 Å². The average molecular weight is 303 g/mol. The van der Waals surface area contributed by atoms with Crippen molar-refractivity contribution in [2.75, 3.05) is 13.7 Å². The van der Waals surface area contributed by atoms with E-state index in [-0.39, 0.29) is 23.7 Å². The lowest BCUT2D eigenvalue weighted by Gasteiger charge is -2.08. The highest BCUT2D eigenvalue weighted by Crippen LogP contribution is 2.30. The summed E-state index contributed by atoms with van der Waals surface area (Å²) in [5.41, 5.74) is 0.839. The number of H-pyrrole nitrogens is 1. The summed E-state index contributed by atoms with van der Waals surface area (Å²) >= 11 is 0. The van der Waals surface area contributed by atoms with Crippen LogP contribution in [0.2, 0.25) is 0 Å². The molecule has 1 saturated heterocycles. The Morgan fingerprint density at radius 3 is 3.05 bits per heavy atom. The molecule has 1 aromatic carbocycles. The van der Waals surface area contributed by atoms with Gasteiger partial charge in [-0.15, -0.1) is 0 Å². The minimum Gasteiger partial charge on any atom is -0.497 e. The first kappa shape index (κ1) is 13.3. The van der Waals surface area contributed by atoms with Crippen molar-refractivity contribution in [2.45, 2.75) is 18.6 Å². The number of benzene rings is 1. The normalized spacial score (nSPS) is 21.7. The number of hydrogen-bond donors (Lipinski definition) is 2. The minimum atomic E-state index is -0.924. The SMILES string of the molecule is COc1ccc2oc3c(=O)[nH]c([C@@H]4C[C@H](F)CN4)nc3c2c1. The van der Waals surface area contributed by atoms with Gasteiger partial charge in [0.05, 0.1) is 18.5 Å². The molecular formula is C15H14FN3O3. The van der Waals surface area contributed by atoms with Crippen LogP contribution in [0.4, 0.5) is 4.39 Å². The van der Waals surface area contributed by atoms with Gasteiger partial charge in [-0.3, -0.25) is 4.79 Å². The monoisotopic (exact) mass is 303 g/mol. The van der Waals surface area contributed by atoms with Crippen LogP contribution >= 0.6 is 0 Å². The third kappa shape index (κ3) is 1.97. The summed E-state index contributed by atoms with van der Waals surface area (Å²) in [7, 11) is 1.57. The highest BCUT2D eigenvalue weighted by molar-refractivity contribution is 6.02. The van der Waals surface area contributed by atoms with Crippen LogP contribution in [0, 0.1) is 0 Å². The molecule has 2 N–H and O–H groups in total. The maximum atomic E-state index is 13.3. The summed E-state index contributed by atoms with van der Waals surface area (Å²) in [6.45, 7) is 0.270. The van der Waals surface area contributed by atoms with Gasteiger partial charge in [-0.05, 0) is 18.2 Å². The number of ether oxygens (including phenoxy) is 1. The van der Waals surface area contributed by atoms with Crippen LogP contribution < -0.4 is 15.6 Å². The molecule has 6 nitrogen and oxygen atoms in total. The molecule has 0 bridgehead atoms. The number of nitrogens with one attached hydrogen (secondary N) is 2. The molecule has 2 atom stereocenters. The minimum absolute atomic E-state index is 0.168. The number of hydrogen-bond acceptors (Lipinski definition) is 5. The molecule has 1 aliphatic heterocycles. The van der Waals surface area contributed by atoms with Crippen LogP contribution in [0.5, 0.6) is 5.75 Å². The zero-order chi connectivity index (χ0) is 15.3. The third-order valence-electron chi connectivity index (χ3n) is 3.96. The number of methoxy groups -OCH3 is 1. The van der Waals surface area contributed by atoms with Crippen molar-refractivity contribution in [2.24, 2.45) is 0 Å². The summed E-state index contributed by atoms with van der Waals surface area (Å²) in [5, 5.41) is 3.72. The fourth-order valence-electron chi connectivity index (χ4n) is 2.84. The number of nitrogens with zero attached hydrogens (tertiary/aromatic N) is 1. The molecule has 22 heavy (non-hydrogen) atoms. The quantitative estimate of drug-likeness (QED) is 0.757. The van der Waals surface area contributed by atoms with Crippen LogP contribution in [0.15, 0.2) is 27.4 Å². The topological polar surface area (TPSA) is 80.1 Å². The van der Waals surface area contributed by atoms with Gasteiger partial charge in [0.15, 0.2) is 0 Å². The zero-order valence-electron chi connectivity index (χ0n) is 11.9. The van der Waals surface area contributed by atoms with Gasteiger partial charge in [-0.1, -0.05) is 0 Å². The first-order chi connectivity index (χ1) is 10.7. The molecule has 0 aliphatic carbocycles. The number of aromatic amines is 1. The average Bonchev–Trinajstić information content (AvgIpc) is 3.11. The van der Waals surface area contributed by atoms with Gasteiger partial charge in [0.2, 0.25) is 5.58 Å². The van der Waals surface area contributed by atoms with E-state index in [9.17, 15) is 9.18 Å². The second-order valence-corrected chi connectivity index (χ2v) is 5.39. The third-order valence-corrected chi connectivity index (χ3v) is 3.96. The second kappa shape index (κ2) is 4.81. The van der Waals surface area contributed by atoms with Gasteiger partial charge in [-0.25, -0.2) is 9.37 Å². The predicted octanol–water partition coefficient (Wildman–Crippen LogP) is 2.05. The van der Waals surface area contributed by atoms with E-state index in [2.05, 4.69) is 15.3 Å². The van der Waals surface area contributed by atoms with Crippen molar-refractivity contribution in [1.82, 2.24) is 15.3 Å². The summed E-state index contributed by atoms with van der Waals surface area (Å²) < 4.78 is 24.1. The summed E-state index contributed by atoms with van der Waals surface area (Å²) in [6, 6.07) is 4.98. The molecule has 0 radical (unpaired) electrons. The lowest BCUT2D eigenvalue weighted by Crippen LogP contribution is -2.20. The number of alkyl halides is 1. The highest BCUT2D eigenvalue weighted by Gasteiger charge is 2.27. The van der Waals surface area contributed by atoms with Crippen molar-refractivity contribution in [3.63, 3.8) is 0 Å². The van der Waals surface area contributed by atoms with Crippen LogP contribution in [0.3, 0.4) is 0 Å². The van der Waals surface area contributed by atoms with Gasteiger partial charge in [0.1, 0.15) is 28.8 Å². The fraction of sp³-hybridized carbons (Fsp3) is 0.333. The smallest absolute Gasteiger partial charge is 0.294 e. The van der Waals surface area contributed by atoms with Crippen LogP contribution in [0.1, 0.15) is 18.3 Å². The van der Waals surface area contributed by atoms with E-state index in [1.165, 1.54) is 0 Å². The molecule has 0 saturated carbocycles. The van der Waals surface area contributed by atoms with Gasteiger partial charge in [-0.2, -0.15) is 0 Å². The van der Waals surface area contributed by atoms with Gasteiger partial charge in [0.25, 0.3) is 5.56 Å². The molecule has 1 fully saturated rings. The van der Waals surface area contributed by atoms with Crippen LogP contribution in [-0.4, -0.2) is 29.8 Å². The van der Waals surface area contributed by atoms with Crippen molar-refractivity contribution in [3.8, 4) is 5.75 Å². The van der Waals surface area contributed by atoms with E-state index in [1.807, 2.05) is 0 Å². The largest absolute Gasteiger partial charge is 0.497 e. The number of halogens is 1. The summed E-state index contributed by atoms with van der Waals surface area (Å²) in [5.74, 6) is 1.09. The van der Waals surface area contributed by atoms with E-state index >= 15 is 0 Å². The van der Waals surface area contributed by atoms with Gasteiger partial charge in [0, 0.05) is 13.0 Å². The maximum Gasteiger partial charge on any atom is 0.294 e. The van der Waals surface area contributed by atoms with Crippen LogP contribution in [0.25, 0.3) is 22.1 Å². The molecule has 7 heteroatoms. The molecule has 0 unspecified atom stereocenters. The molecule has 2 aromatic heterocycles. The summed E-state index contributed by atoms with van der Waals surface area (Å²) in [4.78, 5) is 19.4. The highest BCUT2D eigenvalue weighted by atomic mass is 19.1. The lowest BCUT2D eigenvalue weighted by atomic mass is 10.2. The predicted molar refractivity (Wildman–Crippen MR) is 78.9 cm³/mol. The second-order valence-electron chi connectivity index (χ2n) is 5.39. The number of furan rings is 1. The number of rotatable bonds is 2. The summed E-state index contributed by atoms with van der Waals surface area (Å²) in [6.07, 6.45) is -0.625. The molecular weight excluding hydrogens is 289 g/mol.